The van der Waals surface area contributed by atoms with Crippen molar-refractivity contribution in [3.8, 4) is 0 Å². The molecule has 1 nitrogen and oxygen atoms in total. The molecule has 16 heavy (non-hydrogen) atoms. The Morgan fingerprint density at radius 1 is 1.25 bits per heavy atom. The van der Waals surface area contributed by atoms with Crippen LogP contribution in [-0.2, 0) is 6.54 Å². The Morgan fingerprint density at radius 3 is 2.50 bits per heavy atom. The number of rotatable bonds is 5. The highest BCUT2D eigenvalue weighted by atomic mass is 79.9. The van der Waals surface area contributed by atoms with Crippen LogP contribution in [0.4, 0.5) is 0 Å². The third kappa shape index (κ3) is 5.05. The monoisotopic (exact) mass is 323 g/mol. The van der Waals surface area contributed by atoms with Gasteiger partial charge in [-0.25, -0.2) is 0 Å². The zero-order valence-corrected chi connectivity index (χ0v) is 12.5. The molecule has 0 aliphatic rings. The first kappa shape index (κ1) is 14.3. The van der Waals surface area contributed by atoms with Crippen molar-refractivity contribution < 1.29 is 0 Å². The fraction of sp³-hybridized carbons (Fsp3) is 0.500. The van der Waals surface area contributed by atoms with E-state index in [0.717, 1.165) is 18.5 Å². The first-order chi connectivity index (χ1) is 7.49. The Morgan fingerprint density at radius 2 is 1.94 bits per heavy atom. The third-order valence-electron chi connectivity index (χ3n) is 2.32. The lowest BCUT2D eigenvalue weighted by Crippen LogP contribution is -2.27. The summed E-state index contributed by atoms with van der Waals surface area (Å²) in [6.45, 7) is 5.14. The zero-order chi connectivity index (χ0) is 12.1. The van der Waals surface area contributed by atoms with Crippen molar-refractivity contribution in [2.45, 2.75) is 37.7 Å². The topological polar surface area (TPSA) is 12.0 Å². The molecule has 0 radical (unpaired) electrons. The molecule has 4 heteroatoms. The van der Waals surface area contributed by atoms with E-state index in [1.807, 2.05) is 18.2 Å². The number of hydrogen-bond acceptors (Lipinski definition) is 1. The third-order valence-corrected chi connectivity index (χ3v) is 3.43. The molecule has 1 N–H and O–H groups in total. The average Bonchev–Trinajstić information content (AvgIpc) is 2.19. The lowest BCUT2D eigenvalue weighted by molar-refractivity contribution is 0.516. The van der Waals surface area contributed by atoms with Crippen LogP contribution < -0.4 is 5.32 Å². The minimum absolute atomic E-state index is 0.476. The molecule has 0 spiro atoms. The molecule has 0 aliphatic heterocycles. The van der Waals surface area contributed by atoms with Crippen molar-refractivity contribution in [1.29, 1.82) is 0 Å². The van der Waals surface area contributed by atoms with Crippen molar-refractivity contribution in [2.24, 2.45) is 0 Å². The summed E-state index contributed by atoms with van der Waals surface area (Å²) in [5, 5.41) is 4.66. The van der Waals surface area contributed by atoms with Crippen molar-refractivity contribution in [2.75, 3.05) is 0 Å². The molecule has 0 fully saturated rings. The van der Waals surface area contributed by atoms with Gasteiger partial charge in [-0.2, -0.15) is 0 Å². The second kappa shape index (κ2) is 6.85. The van der Waals surface area contributed by atoms with Gasteiger partial charge in [0.15, 0.2) is 0 Å². The fourth-order valence-electron chi connectivity index (χ4n) is 1.51. The second-order valence-corrected chi connectivity index (χ2v) is 6.42. The highest BCUT2D eigenvalue weighted by Gasteiger charge is 2.06. The summed E-state index contributed by atoms with van der Waals surface area (Å²) < 4.78 is 0. The standard InChI is InChI=1S/C12H16BrCl2N/c1-8(13)5-9(2)16-7-10-3-4-11(14)12(15)6-10/h3-4,6,8-9,16H,5,7H2,1-2H3. The number of nitrogens with one attached hydrogen (secondary N) is 1. The number of benzene rings is 1. The SMILES string of the molecule is CC(Br)CC(C)NCc1ccc(Cl)c(Cl)c1. The van der Waals surface area contributed by atoms with Crippen LogP contribution >= 0.6 is 39.1 Å². The van der Waals surface area contributed by atoms with Crippen LogP contribution in [0.2, 0.25) is 10.0 Å². The van der Waals surface area contributed by atoms with E-state index < -0.39 is 0 Å². The molecule has 1 aromatic carbocycles. The molecule has 2 unspecified atom stereocenters. The van der Waals surface area contributed by atoms with Crippen LogP contribution in [0.1, 0.15) is 25.8 Å². The first-order valence-corrected chi connectivity index (χ1v) is 6.97. The molecule has 0 aromatic heterocycles. The summed E-state index contributed by atoms with van der Waals surface area (Å²) in [6, 6.07) is 6.20. The van der Waals surface area contributed by atoms with Gasteiger partial charge in [-0.1, -0.05) is 52.1 Å². The van der Waals surface area contributed by atoms with Gasteiger partial charge in [0.25, 0.3) is 0 Å². The molecule has 0 aliphatic carbocycles. The van der Waals surface area contributed by atoms with Gasteiger partial charge in [0.2, 0.25) is 0 Å². The second-order valence-electron chi connectivity index (χ2n) is 4.05. The largest absolute Gasteiger partial charge is 0.310 e. The Balaban J connectivity index is 2.45. The van der Waals surface area contributed by atoms with Crippen molar-refractivity contribution >= 4 is 39.1 Å². The van der Waals surface area contributed by atoms with E-state index in [2.05, 4.69) is 35.1 Å². The van der Waals surface area contributed by atoms with Crippen molar-refractivity contribution in [3.63, 3.8) is 0 Å². The molecule has 0 bridgehead atoms. The highest BCUT2D eigenvalue weighted by Crippen LogP contribution is 2.22. The summed E-state index contributed by atoms with van der Waals surface area (Å²) in [7, 11) is 0. The van der Waals surface area contributed by atoms with Gasteiger partial charge in [0.05, 0.1) is 10.0 Å². The van der Waals surface area contributed by atoms with E-state index >= 15 is 0 Å². The molecule has 0 amide bonds. The van der Waals surface area contributed by atoms with Crippen LogP contribution in [0.5, 0.6) is 0 Å². The van der Waals surface area contributed by atoms with Crippen LogP contribution in [0.3, 0.4) is 0 Å². The lowest BCUT2D eigenvalue weighted by Gasteiger charge is -2.15. The predicted octanol–water partition coefficient (Wildman–Crippen LogP) is 4.65. The maximum Gasteiger partial charge on any atom is 0.0595 e. The average molecular weight is 325 g/mol. The summed E-state index contributed by atoms with van der Waals surface area (Å²) in [5.74, 6) is 0. The zero-order valence-electron chi connectivity index (χ0n) is 9.43. The van der Waals surface area contributed by atoms with Gasteiger partial charge >= 0.3 is 0 Å². The van der Waals surface area contributed by atoms with Crippen molar-refractivity contribution in [3.05, 3.63) is 33.8 Å². The number of alkyl halides is 1. The summed E-state index contributed by atoms with van der Waals surface area (Å²) in [6.07, 6.45) is 1.10. The minimum Gasteiger partial charge on any atom is -0.310 e. The van der Waals surface area contributed by atoms with Gasteiger partial charge < -0.3 is 5.32 Å². The van der Waals surface area contributed by atoms with Crippen LogP contribution in [0.25, 0.3) is 0 Å². The van der Waals surface area contributed by atoms with E-state index in [4.69, 9.17) is 23.2 Å². The smallest absolute Gasteiger partial charge is 0.0595 e. The predicted molar refractivity (Wildman–Crippen MR) is 75.8 cm³/mol. The Labute approximate surface area is 116 Å². The van der Waals surface area contributed by atoms with Crippen LogP contribution in [0.15, 0.2) is 18.2 Å². The molecule has 2 atom stereocenters. The van der Waals surface area contributed by atoms with E-state index in [-0.39, 0.29) is 0 Å². The Bertz CT molecular complexity index is 342. The molecular weight excluding hydrogens is 309 g/mol. The van der Waals surface area contributed by atoms with Gasteiger partial charge in [-0.15, -0.1) is 0 Å². The highest BCUT2D eigenvalue weighted by molar-refractivity contribution is 9.09. The minimum atomic E-state index is 0.476. The number of halogens is 3. The lowest BCUT2D eigenvalue weighted by atomic mass is 10.1. The first-order valence-electron chi connectivity index (χ1n) is 5.30. The Hall–Kier alpha value is 0.240. The summed E-state index contributed by atoms with van der Waals surface area (Å²) >= 11 is 15.3. The van der Waals surface area contributed by atoms with Gasteiger partial charge in [0, 0.05) is 17.4 Å². The molecule has 1 rings (SSSR count). The van der Waals surface area contributed by atoms with E-state index in [1.54, 1.807) is 0 Å². The number of hydrogen-bond donors (Lipinski definition) is 1. The molecule has 0 heterocycles. The van der Waals surface area contributed by atoms with Gasteiger partial charge in [-0.05, 0) is 31.0 Å². The van der Waals surface area contributed by atoms with E-state index in [0.29, 0.717) is 20.9 Å². The van der Waals surface area contributed by atoms with Crippen LogP contribution in [0, 0.1) is 0 Å². The summed E-state index contributed by atoms with van der Waals surface area (Å²) in [4.78, 5) is 0.531. The van der Waals surface area contributed by atoms with Gasteiger partial charge in [0.1, 0.15) is 0 Å². The van der Waals surface area contributed by atoms with E-state index in [1.165, 1.54) is 0 Å². The van der Waals surface area contributed by atoms with Gasteiger partial charge in [-0.3, -0.25) is 0 Å². The quantitative estimate of drug-likeness (QED) is 0.778. The van der Waals surface area contributed by atoms with Crippen molar-refractivity contribution in [1.82, 2.24) is 5.32 Å². The maximum absolute atomic E-state index is 5.95. The molecule has 90 valence electrons. The Kier molecular flexibility index (Phi) is 6.12. The molecular formula is C12H16BrCl2N. The fourth-order valence-corrected chi connectivity index (χ4v) is 2.39. The normalized spacial score (nSPS) is 14.8. The molecule has 1 aromatic rings. The van der Waals surface area contributed by atoms with Crippen LogP contribution in [-0.4, -0.2) is 10.9 Å². The maximum atomic E-state index is 5.95. The molecule has 0 saturated carbocycles. The van der Waals surface area contributed by atoms with E-state index in [9.17, 15) is 0 Å². The summed E-state index contributed by atoms with van der Waals surface area (Å²) in [5.41, 5.74) is 1.16. The molecule has 0 saturated heterocycles.